The minimum atomic E-state index is -3.53. The molecule has 0 bridgehead atoms. The monoisotopic (exact) mass is 396 g/mol. The summed E-state index contributed by atoms with van der Waals surface area (Å²) in [5.41, 5.74) is 2.23. The highest BCUT2D eigenvalue weighted by Gasteiger charge is 2.28. The molecule has 0 amide bonds. The smallest absolute Gasteiger partial charge is 0.249 e. The van der Waals surface area contributed by atoms with E-state index < -0.39 is 10.0 Å². The van der Waals surface area contributed by atoms with Gasteiger partial charge in [0.1, 0.15) is 7.67 Å². The van der Waals surface area contributed by atoms with E-state index in [1.165, 1.54) is 26.4 Å². The van der Waals surface area contributed by atoms with E-state index in [-0.39, 0.29) is 17.1 Å². The Morgan fingerprint density at radius 3 is 2.92 bits per heavy atom. The zero-order valence-corrected chi connectivity index (χ0v) is 15.6. The van der Waals surface area contributed by atoms with E-state index >= 15 is 0 Å². The van der Waals surface area contributed by atoms with Crippen molar-refractivity contribution < 1.29 is 9.79 Å². The van der Waals surface area contributed by atoms with Crippen molar-refractivity contribution in [3.63, 3.8) is 0 Å². The fourth-order valence-corrected chi connectivity index (χ4v) is 5.64. The van der Waals surface area contributed by atoms with Gasteiger partial charge in [-0.2, -0.15) is 9.40 Å². The van der Waals surface area contributed by atoms with Gasteiger partial charge in [0.15, 0.2) is 9.86 Å². The molecule has 25 heavy (non-hydrogen) atoms. The molecule has 3 aromatic rings. The number of sulfonamides is 1. The van der Waals surface area contributed by atoms with Crippen molar-refractivity contribution in [3.05, 3.63) is 46.4 Å². The first-order valence-corrected chi connectivity index (χ1v) is 10.1. The molecule has 0 saturated heterocycles. The van der Waals surface area contributed by atoms with Crippen LogP contribution in [0.5, 0.6) is 0 Å². The number of hydrogen-bond acceptors (Lipinski definition) is 6. The van der Waals surface area contributed by atoms with Gasteiger partial charge >= 0.3 is 0 Å². The van der Waals surface area contributed by atoms with Crippen LogP contribution in [0.1, 0.15) is 18.4 Å². The van der Waals surface area contributed by atoms with E-state index in [2.05, 4.69) is 15.1 Å². The summed E-state index contributed by atoms with van der Waals surface area (Å²) in [6.07, 6.45) is 5.45. The molecule has 1 aliphatic rings. The standard InChI is InChI=1S/C15H14ClN5O2S2/c1-10-17-7-15(24-10)25(22,23)20-4-2-11(3-5-20)12-8-21-14(6-13(12)16)18-9-19-21/h2,6-9H,3-5H2,1H3/i9D. The zero-order valence-electron chi connectivity index (χ0n) is 14.2. The summed E-state index contributed by atoms with van der Waals surface area (Å²) < 4.78 is 36.1. The van der Waals surface area contributed by atoms with Crippen LogP contribution in [0.25, 0.3) is 11.2 Å². The lowest BCUT2D eigenvalue weighted by Crippen LogP contribution is -2.34. The molecule has 0 aromatic carbocycles. The Hall–Kier alpha value is -1.81. The lowest BCUT2D eigenvalue weighted by atomic mass is 10.0. The summed E-state index contributed by atoms with van der Waals surface area (Å²) in [7, 11) is -3.53. The van der Waals surface area contributed by atoms with Crippen LogP contribution in [-0.4, -0.2) is 45.4 Å². The third-order valence-electron chi connectivity index (χ3n) is 4.03. The molecule has 0 aliphatic carbocycles. The van der Waals surface area contributed by atoms with E-state index in [0.717, 1.165) is 16.1 Å². The summed E-state index contributed by atoms with van der Waals surface area (Å²) in [5.74, 6) is 0. The van der Waals surface area contributed by atoms with Crippen molar-refractivity contribution in [1.29, 1.82) is 0 Å². The molecule has 4 rings (SSSR count). The van der Waals surface area contributed by atoms with Gasteiger partial charge in [-0.25, -0.2) is 22.9 Å². The van der Waals surface area contributed by atoms with Gasteiger partial charge in [-0.1, -0.05) is 17.7 Å². The lowest BCUT2D eigenvalue weighted by molar-refractivity contribution is 0.442. The maximum Gasteiger partial charge on any atom is 0.254 e. The molecule has 130 valence electrons. The number of thiazole rings is 1. The van der Waals surface area contributed by atoms with Gasteiger partial charge in [-0.15, -0.1) is 11.3 Å². The molecule has 0 radical (unpaired) electrons. The van der Waals surface area contributed by atoms with Crippen LogP contribution in [0.15, 0.2) is 35.0 Å². The predicted molar refractivity (Wildman–Crippen MR) is 96.2 cm³/mol. The Morgan fingerprint density at radius 2 is 2.24 bits per heavy atom. The minimum Gasteiger partial charge on any atom is -0.249 e. The molecular formula is C15H14ClN5O2S2. The SMILES string of the molecule is [2H]c1nc2cc(Cl)c(C3=CCN(S(=O)(=O)c4cnc(C)s4)CC3)cn2n1. The van der Waals surface area contributed by atoms with Gasteiger partial charge in [0.25, 0.3) is 10.0 Å². The Labute approximate surface area is 155 Å². The van der Waals surface area contributed by atoms with Crippen LogP contribution in [-0.2, 0) is 10.0 Å². The maximum atomic E-state index is 12.7. The second-order valence-corrected chi connectivity index (χ2v) is 9.40. The Balaban J connectivity index is 1.63. The van der Waals surface area contributed by atoms with Crippen LogP contribution in [0.3, 0.4) is 0 Å². The molecule has 0 fully saturated rings. The van der Waals surface area contributed by atoms with Crippen LogP contribution in [0, 0.1) is 6.92 Å². The van der Waals surface area contributed by atoms with Crippen LogP contribution < -0.4 is 0 Å². The number of aromatic nitrogens is 4. The van der Waals surface area contributed by atoms with E-state index in [1.807, 2.05) is 6.08 Å². The largest absolute Gasteiger partial charge is 0.254 e. The second-order valence-electron chi connectivity index (χ2n) is 5.59. The molecule has 3 aromatic heterocycles. The van der Waals surface area contributed by atoms with E-state index in [1.54, 1.807) is 19.2 Å². The van der Waals surface area contributed by atoms with Crippen molar-refractivity contribution >= 4 is 44.2 Å². The first-order valence-electron chi connectivity index (χ1n) is 7.99. The van der Waals surface area contributed by atoms with Crippen LogP contribution in [0.2, 0.25) is 5.02 Å². The van der Waals surface area contributed by atoms with Crippen molar-refractivity contribution in [2.75, 3.05) is 13.1 Å². The van der Waals surface area contributed by atoms with Crippen molar-refractivity contribution in [2.45, 2.75) is 17.6 Å². The topological polar surface area (TPSA) is 80.5 Å². The first-order chi connectivity index (χ1) is 12.3. The molecule has 7 nitrogen and oxygen atoms in total. The lowest BCUT2D eigenvalue weighted by Gasteiger charge is -2.25. The molecule has 0 atom stereocenters. The van der Waals surface area contributed by atoms with E-state index in [9.17, 15) is 8.42 Å². The normalized spacial score (nSPS) is 16.9. The molecule has 4 heterocycles. The Kier molecular flexibility index (Phi) is 3.81. The minimum absolute atomic E-state index is 0.0760. The number of fused-ring (bicyclic) bond motifs is 1. The number of pyridine rings is 1. The van der Waals surface area contributed by atoms with Crippen molar-refractivity contribution in [3.8, 4) is 0 Å². The van der Waals surface area contributed by atoms with Gasteiger partial charge in [-0.05, 0) is 18.9 Å². The van der Waals surface area contributed by atoms with Crippen LogP contribution >= 0.6 is 22.9 Å². The van der Waals surface area contributed by atoms with E-state index in [4.69, 9.17) is 13.0 Å². The molecule has 0 N–H and O–H groups in total. The zero-order chi connectivity index (χ0) is 18.5. The fraction of sp³-hybridized carbons (Fsp3) is 0.267. The summed E-state index contributed by atoms with van der Waals surface area (Å²) in [6, 6.07) is 1.66. The quantitative estimate of drug-likeness (QED) is 0.679. The predicted octanol–water partition coefficient (Wildman–Crippen LogP) is 2.63. The molecule has 10 heteroatoms. The third-order valence-corrected chi connectivity index (χ3v) is 7.56. The van der Waals surface area contributed by atoms with Crippen molar-refractivity contribution in [2.24, 2.45) is 0 Å². The fourth-order valence-electron chi connectivity index (χ4n) is 2.73. The Morgan fingerprint density at radius 1 is 1.40 bits per heavy atom. The summed E-state index contributed by atoms with van der Waals surface area (Å²) in [6.45, 7) is 2.41. The average Bonchev–Trinajstić information content (AvgIpc) is 3.19. The third kappa shape index (κ3) is 2.97. The molecule has 0 unspecified atom stereocenters. The highest BCUT2D eigenvalue weighted by atomic mass is 35.5. The Bertz CT molecular complexity index is 1140. The molecule has 0 saturated carbocycles. The summed E-state index contributed by atoms with van der Waals surface area (Å²) >= 11 is 7.52. The van der Waals surface area contributed by atoms with Gasteiger partial charge in [0.05, 0.1) is 16.2 Å². The molecule has 1 aliphatic heterocycles. The second kappa shape index (κ2) is 6.17. The van der Waals surface area contributed by atoms with Crippen LogP contribution in [0.4, 0.5) is 0 Å². The maximum absolute atomic E-state index is 12.7. The summed E-state index contributed by atoms with van der Waals surface area (Å²) in [4.78, 5) is 7.99. The highest BCUT2D eigenvalue weighted by molar-refractivity contribution is 7.91. The number of halogens is 1. The molecule has 0 spiro atoms. The van der Waals surface area contributed by atoms with Crippen molar-refractivity contribution in [1.82, 2.24) is 23.9 Å². The number of hydrogen-bond donors (Lipinski definition) is 0. The number of rotatable bonds is 3. The summed E-state index contributed by atoms with van der Waals surface area (Å²) in [5, 5.41) is 5.21. The van der Waals surface area contributed by atoms with Gasteiger partial charge < -0.3 is 0 Å². The van der Waals surface area contributed by atoms with E-state index in [0.29, 0.717) is 23.6 Å². The first kappa shape index (κ1) is 15.4. The van der Waals surface area contributed by atoms with Gasteiger partial charge in [0, 0.05) is 30.9 Å². The van der Waals surface area contributed by atoms with Gasteiger partial charge in [-0.3, -0.25) is 0 Å². The number of aryl methyl sites for hydroxylation is 1. The molecular weight excluding hydrogens is 382 g/mol. The average molecular weight is 397 g/mol. The number of nitrogens with zero attached hydrogens (tertiary/aromatic N) is 5. The van der Waals surface area contributed by atoms with Gasteiger partial charge in [0.2, 0.25) is 0 Å². The highest BCUT2D eigenvalue weighted by Crippen LogP contribution is 2.31.